The lowest BCUT2D eigenvalue weighted by Crippen LogP contribution is -1.83. The van der Waals surface area contributed by atoms with Crippen LogP contribution in [0.15, 0.2) is 30.0 Å². The molecule has 2 aromatic rings. The Morgan fingerprint density at radius 3 is 1.25 bits per heavy atom. The molecule has 0 aliphatic carbocycles. The Balaban J connectivity index is 3.11. The van der Waals surface area contributed by atoms with Crippen molar-refractivity contribution in [2.75, 3.05) is 0 Å². The number of aromatic hydroxyl groups is 2. The van der Waals surface area contributed by atoms with E-state index in [0.29, 0.717) is 28.7 Å². The third-order valence-electron chi connectivity index (χ3n) is 2.16. The van der Waals surface area contributed by atoms with Crippen LogP contribution in [-0.4, -0.2) is 10.2 Å². The summed E-state index contributed by atoms with van der Waals surface area (Å²) in [7, 11) is 0. The lowest BCUT2D eigenvalue weighted by atomic mass is 10.1. The van der Waals surface area contributed by atoms with Gasteiger partial charge in [0, 0.05) is 19.7 Å². The van der Waals surface area contributed by atoms with Gasteiger partial charge in [-0.2, -0.15) is 0 Å². The van der Waals surface area contributed by atoms with E-state index in [4.69, 9.17) is 0 Å². The molecule has 84 valence electrons. The van der Waals surface area contributed by atoms with Crippen molar-refractivity contribution in [3.05, 3.63) is 30.0 Å². The third kappa shape index (κ3) is 1.89. The zero-order chi connectivity index (χ0) is 12.0. The molecule has 0 heterocycles. The molecule has 0 radical (unpaired) electrons. The van der Waals surface area contributed by atoms with Crippen molar-refractivity contribution in [3.8, 4) is 11.5 Å². The zero-order valence-corrected chi connectivity index (χ0v) is 13.9. The molecule has 0 aromatic heterocycles. The van der Waals surface area contributed by atoms with Crippen LogP contribution >= 0.6 is 63.7 Å². The minimum absolute atomic E-state index is 0.0906. The van der Waals surface area contributed by atoms with Gasteiger partial charge in [-0.15, -0.1) is 0 Å². The number of phenolic OH excluding ortho intramolecular Hbond substituents is 2. The summed E-state index contributed by atoms with van der Waals surface area (Å²) in [6.07, 6.45) is 0. The van der Waals surface area contributed by atoms with E-state index in [2.05, 4.69) is 63.7 Å². The summed E-state index contributed by atoms with van der Waals surface area (Å²) in [4.78, 5) is 0. The fourth-order valence-corrected chi connectivity index (χ4v) is 4.14. The number of hydrogen-bond acceptors (Lipinski definition) is 2. The number of fused-ring (bicyclic) bond motifs is 1. The first-order valence-corrected chi connectivity index (χ1v) is 7.28. The highest BCUT2D eigenvalue weighted by molar-refractivity contribution is 9.11. The predicted octanol–water partition coefficient (Wildman–Crippen LogP) is 5.30. The van der Waals surface area contributed by atoms with Gasteiger partial charge >= 0.3 is 0 Å². The monoisotopic (exact) mass is 472 g/mol. The van der Waals surface area contributed by atoms with Gasteiger partial charge in [-0.3, -0.25) is 0 Å². The van der Waals surface area contributed by atoms with E-state index in [9.17, 15) is 10.2 Å². The average Bonchev–Trinajstić information content (AvgIpc) is 2.20. The highest BCUT2D eigenvalue weighted by Crippen LogP contribution is 2.47. The van der Waals surface area contributed by atoms with Crippen LogP contribution in [-0.2, 0) is 0 Å². The minimum Gasteiger partial charge on any atom is -0.506 e. The molecule has 16 heavy (non-hydrogen) atoms. The molecule has 0 amide bonds. The standard InChI is InChI=1S/C10H4Br4O2/c11-3-1-5(13)9(15)8-4(12)2-6(14)10(16)7(3)8/h1-2,15-16H. The van der Waals surface area contributed by atoms with Gasteiger partial charge in [0.05, 0.1) is 8.95 Å². The third-order valence-corrected chi connectivity index (χ3v) is 4.62. The molecule has 2 nitrogen and oxygen atoms in total. The van der Waals surface area contributed by atoms with Crippen molar-refractivity contribution >= 4 is 74.5 Å². The zero-order valence-electron chi connectivity index (χ0n) is 7.56. The molecule has 0 bridgehead atoms. The van der Waals surface area contributed by atoms with Crippen LogP contribution in [0.2, 0.25) is 0 Å². The van der Waals surface area contributed by atoms with Gasteiger partial charge in [-0.25, -0.2) is 0 Å². The van der Waals surface area contributed by atoms with Crippen LogP contribution < -0.4 is 0 Å². The topological polar surface area (TPSA) is 40.5 Å². The Morgan fingerprint density at radius 2 is 0.938 bits per heavy atom. The smallest absolute Gasteiger partial charge is 0.138 e. The molecule has 0 aliphatic rings. The number of halogens is 4. The molecule has 0 saturated carbocycles. The Hall–Kier alpha value is 0.220. The number of rotatable bonds is 0. The van der Waals surface area contributed by atoms with Crippen LogP contribution in [0, 0.1) is 0 Å². The van der Waals surface area contributed by atoms with Gasteiger partial charge in [-0.1, -0.05) is 0 Å². The molecule has 6 heteroatoms. The quantitative estimate of drug-likeness (QED) is 0.543. The lowest BCUT2D eigenvalue weighted by molar-refractivity contribution is 0.471. The molecule has 0 aliphatic heterocycles. The van der Waals surface area contributed by atoms with Crippen LogP contribution in [0.4, 0.5) is 0 Å². The first-order valence-electron chi connectivity index (χ1n) is 4.11. The first-order chi connectivity index (χ1) is 7.43. The number of benzene rings is 2. The largest absolute Gasteiger partial charge is 0.506 e. The second kappa shape index (κ2) is 4.48. The van der Waals surface area contributed by atoms with E-state index in [1.165, 1.54) is 0 Å². The maximum atomic E-state index is 9.95. The van der Waals surface area contributed by atoms with Crippen molar-refractivity contribution in [2.45, 2.75) is 0 Å². The summed E-state index contributed by atoms with van der Waals surface area (Å²) in [5.74, 6) is 0.181. The Bertz CT molecular complexity index is 542. The maximum Gasteiger partial charge on any atom is 0.138 e. The molecule has 0 atom stereocenters. The fourth-order valence-electron chi connectivity index (χ4n) is 1.44. The van der Waals surface area contributed by atoms with E-state index in [1.807, 2.05) is 0 Å². The lowest BCUT2D eigenvalue weighted by Gasteiger charge is -2.11. The van der Waals surface area contributed by atoms with Gasteiger partial charge in [0.1, 0.15) is 11.5 Å². The molecular formula is C10H4Br4O2. The van der Waals surface area contributed by atoms with E-state index in [1.54, 1.807) is 12.1 Å². The number of hydrogen-bond donors (Lipinski definition) is 2. The molecule has 2 N–H and O–H groups in total. The second-order valence-electron chi connectivity index (χ2n) is 3.13. The fraction of sp³-hybridized carbons (Fsp3) is 0. The second-order valence-corrected chi connectivity index (χ2v) is 6.54. The molecule has 0 fully saturated rings. The highest BCUT2D eigenvalue weighted by Gasteiger charge is 2.17. The Labute approximate surface area is 125 Å². The van der Waals surface area contributed by atoms with Crippen LogP contribution in [0.5, 0.6) is 11.5 Å². The van der Waals surface area contributed by atoms with Gasteiger partial charge in [0.15, 0.2) is 0 Å². The molecule has 0 spiro atoms. The SMILES string of the molecule is Oc1c(Br)cc(Br)c2c(O)c(Br)cc(Br)c12. The van der Waals surface area contributed by atoms with Crippen molar-refractivity contribution in [3.63, 3.8) is 0 Å². The maximum absolute atomic E-state index is 9.95. The summed E-state index contributed by atoms with van der Waals surface area (Å²) in [5.41, 5.74) is 0. The summed E-state index contributed by atoms with van der Waals surface area (Å²) in [6.45, 7) is 0. The number of phenols is 2. The van der Waals surface area contributed by atoms with Gasteiger partial charge in [0.2, 0.25) is 0 Å². The molecule has 2 rings (SSSR count). The van der Waals surface area contributed by atoms with Crippen molar-refractivity contribution in [2.24, 2.45) is 0 Å². The van der Waals surface area contributed by atoms with E-state index in [0.717, 1.165) is 0 Å². The molecule has 0 saturated heterocycles. The van der Waals surface area contributed by atoms with Crippen molar-refractivity contribution in [1.82, 2.24) is 0 Å². The van der Waals surface area contributed by atoms with E-state index < -0.39 is 0 Å². The Morgan fingerprint density at radius 1 is 0.625 bits per heavy atom. The van der Waals surface area contributed by atoms with Crippen molar-refractivity contribution < 1.29 is 10.2 Å². The van der Waals surface area contributed by atoms with Gasteiger partial charge in [0.25, 0.3) is 0 Å². The highest BCUT2D eigenvalue weighted by atomic mass is 79.9. The normalized spacial score (nSPS) is 11.0. The van der Waals surface area contributed by atoms with Crippen molar-refractivity contribution in [1.29, 1.82) is 0 Å². The summed E-state index contributed by atoms with van der Waals surface area (Å²) in [5, 5.41) is 21.0. The average molecular weight is 476 g/mol. The molecule has 2 aromatic carbocycles. The Kier molecular flexibility index (Phi) is 3.55. The van der Waals surface area contributed by atoms with Crippen LogP contribution in [0.3, 0.4) is 0 Å². The minimum atomic E-state index is 0.0906. The summed E-state index contributed by atoms with van der Waals surface area (Å²) >= 11 is 13.2. The van der Waals surface area contributed by atoms with E-state index in [-0.39, 0.29) is 11.5 Å². The summed E-state index contributed by atoms with van der Waals surface area (Å²) < 4.78 is 2.53. The molecule has 0 unspecified atom stereocenters. The van der Waals surface area contributed by atoms with Crippen LogP contribution in [0.25, 0.3) is 10.8 Å². The van der Waals surface area contributed by atoms with E-state index >= 15 is 0 Å². The predicted molar refractivity (Wildman–Crippen MR) is 78.1 cm³/mol. The van der Waals surface area contributed by atoms with Crippen LogP contribution in [0.1, 0.15) is 0 Å². The first kappa shape index (κ1) is 12.7. The molecular weight excluding hydrogens is 472 g/mol. The summed E-state index contributed by atoms with van der Waals surface area (Å²) in [6, 6.07) is 3.38. The van der Waals surface area contributed by atoms with Gasteiger partial charge in [-0.05, 0) is 75.9 Å². The van der Waals surface area contributed by atoms with Gasteiger partial charge < -0.3 is 10.2 Å².